The number of nitrogens with two attached hydrogens (primary N) is 2. The van der Waals surface area contributed by atoms with E-state index in [1.54, 1.807) is 12.1 Å². The van der Waals surface area contributed by atoms with E-state index in [2.05, 4.69) is 47.0 Å². The Kier molecular flexibility index (Phi) is 17.0. The first-order chi connectivity index (χ1) is 27.9. The molecular formula is C37H47FN12O8. The van der Waals surface area contributed by atoms with Gasteiger partial charge in [0, 0.05) is 13.1 Å². The van der Waals surface area contributed by atoms with Crippen molar-refractivity contribution in [2.45, 2.75) is 69.1 Å². The fraction of sp³-hybridized carbons (Fsp3) is 0.405. The maximum absolute atomic E-state index is 14.0. The van der Waals surface area contributed by atoms with Crippen LogP contribution in [0.5, 0.6) is 0 Å². The molecule has 4 atom stereocenters. The van der Waals surface area contributed by atoms with Crippen LogP contribution in [-0.4, -0.2) is 106 Å². The molecule has 2 aromatic carbocycles. The molecule has 0 spiro atoms. The number of aliphatic carboxylic acids is 1. The number of carboxylic acids is 1. The van der Waals surface area contributed by atoms with Crippen molar-refractivity contribution in [1.82, 2.24) is 41.6 Å². The summed E-state index contributed by atoms with van der Waals surface area (Å²) in [7, 11) is 0. The number of carbonyl (C=O) groups is 6. The number of nitrogens with zero attached hydrogens (tertiary/aromatic N) is 5. The number of hydrogen-bond donors (Lipinski definition) is 8. The summed E-state index contributed by atoms with van der Waals surface area (Å²) < 4.78 is 14.4. The molecule has 0 radical (unpaired) electrons. The number of aromatic nitrogens is 3. The van der Waals surface area contributed by atoms with Gasteiger partial charge in [-0.05, 0) is 61.8 Å². The largest absolute Gasteiger partial charge is 0.481 e. The molecular weight excluding hydrogens is 759 g/mol. The zero-order valence-electron chi connectivity index (χ0n) is 31.5. The van der Waals surface area contributed by atoms with Crippen molar-refractivity contribution in [3.63, 3.8) is 0 Å². The maximum atomic E-state index is 14.0. The van der Waals surface area contributed by atoms with Gasteiger partial charge < -0.3 is 48.0 Å². The van der Waals surface area contributed by atoms with Crippen molar-refractivity contribution >= 4 is 47.7 Å². The normalized spacial score (nSPS) is 19.0. The summed E-state index contributed by atoms with van der Waals surface area (Å²) in [6, 6.07) is 10.0. The molecule has 20 nitrogen and oxygen atoms in total. The Labute approximate surface area is 332 Å². The molecule has 1 aromatic heterocycles. The number of oxime groups is 1. The first kappa shape index (κ1) is 43.8. The number of hydrogen-bond acceptors (Lipinski definition) is 11. The minimum Gasteiger partial charge on any atom is -0.481 e. The van der Waals surface area contributed by atoms with Crippen molar-refractivity contribution in [2.75, 3.05) is 26.2 Å². The zero-order chi connectivity index (χ0) is 41.9. The van der Waals surface area contributed by atoms with Crippen LogP contribution in [0, 0.1) is 5.82 Å². The third kappa shape index (κ3) is 15.0. The van der Waals surface area contributed by atoms with Gasteiger partial charge >= 0.3 is 5.97 Å². The molecule has 3 aromatic rings. The summed E-state index contributed by atoms with van der Waals surface area (Å²) in [5, 5.41) is 34.8. The number of unbranched alkanes of at least 4 members (excludes halogenated alkanes) is 1. The van der Waals surface area contributed by atoms with Gasteiger partial charge in [0.1, 0.15) is 29.6 Å². The number of rotatable bonds is 17. The number of aliphatic imine (C=N–C) groups is 1. The summed E-state index contributed by atoms with van der Waals surface area (Å²) >= 11 is 0. The molecule has 58 heavy (non-hydrogen) atoms. The van der Waals surface area contributed by atoms with Gasteiger partial charge in [-0.25, -0.2) is 9.07 Å². The zero-order valence-corrected chi connectivity index (χ0v) is 31.5. The van der Waals surface area contributed by atoms with E-state index in [0.29, 0.717) is 18.4 Å². The molecule has 5 amide bonds. The smallest absolute Gasteiger partial charge is 0.305 e. The average Bonchev–Trinajstić information content (AvgIpc) is 3.68. The fourth-order valence-corrected chi connectivity index (χ4v) is 5.78. The first-order valence-electron chi connectivity index (χ1n) is 18.5. The Morgan fingerprint density at radius 1 is 0.931 bits per heavy atom. The van der Waals surface area contributed by atoms with Gasteiger partial charge in [0.05, 0.1) is 31.4 Å². The summed E-state index contributed by atoms with van der Waals surface area (Å²) in [5.41, 5.74) is 12.5. The lowest BCUT2D eigenvalue weighted by atomic mass is 10.0. The van der Waals surface area contributed by atoms with Crippen molar-refractivity contribution in [1.29, 1.82) is 0 Å². The number of nitrogens with one attached hydrogen (secondary N) is 5. The summed E-state index contributed by atoms with van der Waals surface area (Å²) in [5.74, 6) is -5.33. The van der Waals surface area contributed by atoms with Gasteiger partial charge in [-0.2, -0.15) is 0 Å². The third-order valence-corrected chi connectivity index (χ3v) is 8.71. The minimum atomic E-state index is -1.51. The summed E-state index contributed by atoms with van der Waals surface area (Å²) in [6.07, 6.45) is 3.58. The standard InChI is InChI=1S/C37H47FN12O8/c38-25-13-11-24(12-14-25)19-44-58-22-32(52)41-15-5-4-10-30-36(57)46-26(9-6-16-42-37(39)40)34(55)43-20-31(51)45-28(18-33(53)54)35(56)47-27(29-21-50(30)49-48-29)17-23-7-2-1-3-8-23/h1-3,7-8,11-14,19,21,26-28,30H,4-6,9-10,15-18,20,22H2,(H,41,52)(H,43,55)(H,45,51)(H,46,57)(H,47,56)(H,53,54)(H4,39,40,42)/b44-19+/t26-,27-,28-,30-/m0/s1. The summed E-state index contributed by atoms with van der Waals surface area (Å²) in [4.78, 5) is 86.8. The van der Waals surface area contributed by atoms with Crippen LogP contribution < -0.4 is 38.1 Å². The number of halogens is 1. The van der Waals surface area contributed by atoms with Gasteiger partial charge in [-0.1, -0.05) is 52.8 Å². The van der Waals surface area contributed by atoms with Gasteiger partial charge in [0.2, 0.25) is 23.6 Å². The molecule has 21 heteroatoms. The van der Waals surface area contributed by atoms with Gasteiger partial charge in [-0.3, -0.25) is 33.8 Å². The molecule has 0 fully saturated rings. The molecule has 0 aliphatic carbocycles. The van der Waals surface area contributed by atoms with E-state index < -0.39 is 78.5 Å². The first-order valence-corrected chi connectivity index (χ1v) is 18.5. The lowest BCUT2D eigenvalue weighted by Crippen LogP contribution is -2.53. The fourth-order valence-electron chi connectivity index (χ4n) is 5.78. The highest BCUT2D eigenvalue weighted by molar-refractivity contribution is 5.94. The van der Waals surface area contributed by atoms with E-state index in [-0.39, 0.29) is 57.0 Å². The lowest BCUT2D eigenvalue weighted by molar-refractivity contribution is -0.141. The van der Waals surface area contributed by atoms with E-state index in [4.69, 9.17) is 16.3 Å². The molecule has 1 aliphatic rings. The number of guanidine groups is 1. The molecule has 4 rings (SSSR count). The third-order valence-electron chi connectivity index (χ3n) is 8.71. The Morgan fingerprint density at radius 2 is 1.67 bits per heavy atom. The number of fused-ring (bicyclic) bond motifs is 2. The van der Waals surface area contributed by atoms with Gasteiger partial charge in [0.25, 0.3) is 5.91 Å². The molecule has 0 saturated carbocycles. The van der Waals surface area contributed by atoms with Gasteiger partial charge in [-0.15, -0.1) is 5.10 Å². The Hall–Kier alpha value is -6.93. The van der Waals surface area contributed by atoms with Crippen molar-refractivity contribution in [2.24, 2.45) is 21.6 Å². The Balaban J connectivity index is 1.53. The van der Waals surface area contributed by atoms with E-state index in [1.165, 1.54) is 41.4 Å². The maximum Gasteiger partial charge on any atom is 0.305 e. The molecule has 0 unspecified atom stereocenters. The van der Waals surface area contributed by atoms with Crippen LogP contribution >= 0.6 is 0 Å². The van der Waals surface area contributed by atoms with Crippen LogP contribution in [0.1, 0.15) is 67.4 Å². The Morgan fingerprint density at radius 3 is 2.40 bits per heavy atom. The van der Waals surface area contributed by atoms with Crippen molar-refractivity contribution in [3.05, 3.63) is 83.4 Å². The predicted octanol–water partition coefficient (Wildman–Crippen LogP) is -0.677. The highest BCUT2D eigenvalue weighted by Crippen LogP contribution is 2.21. The quantitative estimate of drug-likeness (QED) is 0.0365. The predicted molar refractivity (Wildman–Crippen MR) is 206 cm³/mol. The SMILES string of the molecule is NC(N)=NCCC[C@@H]1NC(=O)[C@H](CCCCNC(=O)CO/N=C/c2ccc(F)cc2)n2cc(nn2)[C@H](Cc2ccccc2)NC(=O)[C@H](CC(=O)O)NC(=O)CNC1=O. The summed E-state index contributed by atoms with van der Waals surface area (Å²) in [6.45, 7) is -0.624. The molecule has 310 valence electrons. The second-order valence-corrected chi connectivity index (χ2v) is 13.2. The number of carbonyl (C=O) groups excluding carboxylic acids is 5. The highest BCUT2D eigenvalue weighted by Gasteiger charge is 2.31. The minimum absolute atomic E-state index is 0.0660. The van der Waals surface area contributed by atoms with Crippen LogP contribution in [-0.2, 0) is 40.0 Å². The number of benzene rings is 2. The van der Waals surface area contributed by atoms with Crippen molar-refractivity contribution < 1.29 is 43.1 Å². The van der Waals surface area contributed by atoms with Crippen LogP contribution in [0.15, 0.2) is 70.9 Å². The van der Waals surface area contributed by atoms with Crippen LogP contribution in [0.25, 0.3) is 0 Å². The number of carboxylic acid groups (broad SMARTS) is 1. The van der Waals surface area contributed by atoms with E-state index in [1.807, 2.05) is 18.2 Å². The second-order valence-electron chi connectivity index (χ2n) is 13.2. The molecule has 1 aliphatic heterocycles. The lowest BCUT2D eigenvalue weighted by Gasteiger charge is -2.24. The molecule has 0 saturated heterocycles. The van der Waals surface area contributed by atoms with Crippen LogP contribution in [0.3, 0.4) is 0 Å². The molecule has 2 heterocycles. The van der Waals surface area contributed by atoms with Crippen LogP contribution in [0.2, 0.25) is 0 Å². The van der Waals surface area contributed by atoms with Gasteiger partial charge in [0.15, 0.2) is 12.6 Å². The van der Waals surface area contributed by atoms with E-state index in [9.17, 15) is 38.3 Å². The number of amides is 5. The van der Waals surface area contributed by atoms with Crippen LogP contribution in [0.4, 0.5) is 4.39 Å². The topological polar surface area (TPSA) is 299 Å². The van der Waals surface area contributed by atoms with E-state index >= 15 is 0 Å². The van der Waals surface area contributed by atoms with E-state index in [0.717, 1.165) is 5.56 Å². The van der Waals surface area contributed by atoms with Crippen molar-refractivity contribution in [3.8, 4) is 0 Å². The highest BCUT2D eigenvalue weighted by atomic mass is 19.1. The average molecular weight is 807 g/mol. The Bertz CT molecular complexity index is 1920. The molecule has 2 bridgehead atoms. The molecule has 10 N–H and O–H groups in total. The second kappa shape index (κ2) is 22.6. The monoisotopic (exact) mass is 806 g/mol.